The number of carbonyl (C=O) groups excluding carboxylic acids is 1. The van der Waals surface area contributed by atoms with Crippen molar-refractivity contribution in [2.24, 2.45) is 11.7 Å². The molecule has 1 amide bonds. The summed E-state index contributed by atoms with van der Waals surface area (Å²) in [5.74, 6) is -1.98. The van der Waals surface area contributed by atoms with Crippen molar-refractivity contribution >= 4 is 29.2 Å². The summed E-state index contributed by atoms with van der Waals surface area (Å²) in [5, 5.41) is 11.9. The number of nitrogens with two attached hydrogens (primary N) is 1. The highest BCUT2D eigenvalue weighted by Gasteiger charge is 2.11. The molecule has 0 saturated carbocycles. The summed E-state index contributed by atoms with van der Waals surface area (Å²) in [5.41, 5.74) is 5.99. The fourth-order valence-electron chi connectivity index (χ4n) is 1.18. The van der Waals surface area contributed by atoms with Gasteiger partial charge in [0.1, 0.15) is 0 Å². The van der Waals surface area contributed by atoms with E-state index < -0.39 is 17.8 Å². The maximum Gasteiger partial charge on any atom is 0.308 e. The summed E-state index contributed by atoms with van der Waals surface area (Å²) in [7, 11) is 0. The predicted octanol–water partition coefficient (Wildman–Crippen LogP) is 1.57. The summed E-state index contributed by atoms with van der Waals surface area (Å²) in [6.45, 7) is 1.87. The lowest BCUT2D eigenvalue weighted by Crippen LogP contribution is -2.19. The van der Waals surface area contributed by atoms with Crippen LogP contribution < -0.4 is 11.1 Å². The molecule has 1 rings (SSSR count). The minimum atomic E-state index is -0.877. The van der Waals surface area contributed by atoms with Crippen LogP contribution >= 0.6 is 11.6 Å². The zero-order chi connectivity index (χ0) is 13.0. The molecule has 0 radical (unpaired) electrons. The van der Waals surface area contributed by atoms with Crippen LogP contribution in [0, 0.1) is 5.92 Å². The smallest absolute Gasteiger partial charge is 0.308 e. The Kier molecular flexibility index (Phi) is 4.34. The minimum absolute atomic E-state index is 0.239. The molecule has 0 heterocycles. The number of hydrogen-bond donors (Lipinski definition) is 3. The molecular formula is C11H13ClN2O3. The van der Waals surface area contributed by atoms with Crippen molar-refractivity contribution in [2.75, 3.05) is 11.9 Å². The quantitative estimate of drug-likeness (QED) is 0.746. The van der Waals surface area contributed by atoms with Gasteiger partial charge in [-0.2, -0.15) is 0 Å². The first-order valence-electron chi connectivity index (χ1n) is 4.98. The van der Waals surface area contributed by atoms with Gasteiger partial charge in [0.15, 0.2) is 0 Å². The topological polar surface area (TPSA) is 92.4 Å². The van der Waals surface area contributed by atoms with Gasteiger partial charge in [0.25, 0.3) is 0 Å². The number of anilines is 1. The molecule has 0 aliphatic heterocycles. The molecule has 1 aromatic rings. The molecule has 0 bridgehead atoms. The molecule has 0 aromatic heterocycles. The van der Waals surface area contributed by atoms with Crippen molar-refractivity contribution in [2.45, 2.75) is 6.92 Å². The van der Waals surface area contributed by atoms with E-state index in [1.807, 2.05) is 0 Å². The lowest BCUT2D eigenvalue weighted by Gasteiger charge is -2.10. The molecule has 0 saturated heterocycles. The lowest BCUT2D eigenvalue weighted by atomic mass is 10.1. The number of carboxylic acid groups (broad SMARTS) is 1. The summed E-state index contributed by atoms with van der Waals surface area (Å²) in [6, 6.07) is 4.66. The Morgan fingerprint density at radius 3 is 2.65 bits per heavy atom. The molecule has 0 fully saturated rings. The predicted molar refractivity (Wildman–Crippen MR) is 65.3 cm³/mol. The number of carbonyl (C=O) groups is 2. The van der Waals surface area contributed by atoms with Gasteiger partial charge >= 0.3 is 5.97 Å². The summed E-state index contributed by atoms with van der Waals surface area (Å²) < 4.78 is 0. The zero-order valence-corrected chi connectivity index (χ0v) is 9.99. The zero-order valence-electron chi connectivity index (χ0n) is 9.24. The van der Waals surface area contributed by atoms with Crippen LogP contribution in [0.25, 0.3) is 0 Å². The Bertz CT molecular complexity index is 448. The number of benzene rings is 1. The highest BCUT2D eigenvalue weighted by molar-refractivity contribution is 6.34. The number of amides is 1. The molecule has 6 heteroatoms. The summed E-state index contributed by atoms with van der Waals surface area (Å²) >= 11 is 5.85. The van der Waals surface area contributed by atoms with Crippen molar-refractivity contribution in [1.82, 2.24) is 0 Å². The Morgan fingerprint density at radius 1 is 1.53 bits per heavy atom. The third-order valence-electron chi connectivity index (χ3n) is 2.27. The molecule has 17 heavy (non-hydrogen) atoms. The number of carboxylic acids is 1. The van der Waals surface area contributed by atoms with E-state index >= 15 is 0 Å². The molecule has 0 aliphatic carbocycles. The van der Waals surface area contributed by atoms with Crippen LogP contribution in [0.2, 0.25) is 5.02 Å². The van der Waals surface area contributed by atoms with E-state index in [2.05, 4.69) is 5.32 Å². The Hall–Kier alpha value is -1.75. The third kappa shape index (κ3) is 3.64. The number of hydrogen-bond acceptors (Lipinski definition) is 3. The molecular weight excluding hydrogens is 244 g/mol. The molecule has 5 nitrogen and oxygen atoms in total. The van der Waals surface area contributed by atoms with Gasteiger partial charge in [-0.05, 0) is 18.2 Å². The van der Waals surface area contributed by atoms with E-state index in [1.54, 1.807) is 13.0 Å². The normalized spacial score (nSPS) is 11.9. The Labute approximate surface area is 104 Å². The average molecular weight is 257 g/mol. The average Bonchev–Trinajstić information content (AvgIpc) is 2.25. The molecule has 1 atom stereocenters. The van der Waals surface area contributed by atoms with Crippen LogP contribution in [-0.4, -0.2) is 23.5 Å². The van der Waals surface area contributed by atoms with Gasteiger partial charge in [0.2, 0.25) is 5.91 Å². The first-order chi connectivity index (χ1) is 7.91. The van der Waals surface area contributed by atoms with Crippen LogP contribution in [0.4, 0.5) is 5.69 Å². The van der Waals surface area contributed by atoms with E-state index in [4.69, 9.17) is 22.4 Å². The van der Waals surface area contributed by atoms with Crippen molar-refractivity contribution in [1.29, 1.82) is 0 Å². The second-order valence-corrected chi connectivity index (χ2v) is 4.09. The molecule has 1 aromatic carbocycles. The van der Waals surface area contributed by atoms with E-state index in [9.17, 15) is 9.59 Å². The summed E-state index contributed by atoms with van der Waals surface area (Å²) in [4.78, 5) is 21.5. The van der Waals surface area contributed by atoms with Crippen LogP contribution in [0.1, 0.15) is 17.3 Å². The van der Waals surface area contributed by atoms with E-state index in [0.717, 1.165) is 0 Å². The minimum Gasteiger partial charge on any atom is -0.481 e. The van der Waals surface area contributed by atoms with Gasteiger partial charge in [0.05, 0.1) is 16.5 Å². The fraction of sp³-hybridized carbons (Fsp3) is 0.273. The van der Waals surface area contributed by atoms with E-state index in [0.29, 0.717) is 5.69 Å². The van der Waals surface area contributed by atoms with Crippen molar-refractivity contribution in [3.63, 3.8) is 0 Å². The van der Waals surface area contributed by atoms with Crippen LogP contribution in [0.3, 0.4) is 0 Å². The van der Waals surface area contributed by atoms with Crippen molar-refractivity contribution < 1.29 is 14.7 Å². The monoisotopic (exact) mass is 256 g/mol. The summed E-state index contributed by atoms with van der Waals surface area (Å²) in [6.07, 6.45) is 0. The maximum atomic E-state index is 10.9. The Morgan fingerprint density at radius 2 is 2.18 bits per heavy atom. The SMILES string of the molecule is CC(CNc1ccc(C(N)=O)c(Cl)c1)C(=O)O. The van der Waals surface area contributed by atoms with Gasteiger partial charge in [-0.1, -0.05) is 18.5 Å². The number of primary amides is 1. The number of halogens is 1. The first-order valence-corrected chi connectivity index (χ1v) is 5.35. The maximum absolute atomic E-state index is 10.9. The van der Waals surface area contributed by atoms with Gasteiger partial charge in [-0.15, -0.1) is 0 Å². The van der Waals surface area contributed by atoms with Crippen LogP contribution in [0.15, 0.2) is 18.2 Å². The fourth-order valence-corrected chi connectivity index (χ4v) is 1.46. The van der Waals surface area contributed by atoms with E-state index in [1.165, 1.54) is 12.1 Å². The number of rotatable bonds is 5. The van der Waals surface area contributed by atoms with Gasteiger partial charge in [0, 0.05) is 12.2 Å². The van der Waals surface area contributed by atoms with E-state index in [-0.39, 0.29) is 17.1 Å². The van der Waals surface area contributed by atoms with Crippen LogP contribution in [-0.2, 0) is 4.79 Å². The lowest BCUT2D eigenvalue weighted by molar-refractivity contribution is -0.140. The molecule has 92 valence electrons. The largest absolute Gasteiger partial charge is 0.481 e. The number of nitrogens with one attached hydrogen (secondary N) is 1. The third-order valence-corrected chi connectivity index (χ3v) is 2.58. The highest BCUT2D eigenvalue weighted by Crippen LogP contribution is 2.20. The van der Waals surface area contributed by atoms with Gasteiger partial charge in [-0.25, -0.2) is 0 Å². The van der Waals surface area contributed by atoms with Crippen molar-refractivity contribution in [3.05, 3.63) is 28.8 Å². The van der Waals surface area contributed by atoms with Crippen molar-refractivity contribution in [3.8, 4) is 0 Å². The molecule has 1 unspecified atom stereocenters. The second-order valence-electron chi connectivity index (χ2n) is 3.68. The Balaban J connectivity index is 2.71. The van der Waals surface area contributed by atoms with Gasteiger partial charge in [-0.3, -0.25) is 9.59 Å². The first kappa shape index (κ1) is 13.3. The van der Waals surface area contributed by atoms with Crippen LogP contribution in [0.5, 0.6) is 0 Å². The number of aliphatic carboxylic acids is 1. The van der Waals surface area contributed by atoms with Gasteiger partial charge < -0.3 is 16.2 Å². The second kappa shape index (κ2) is 5.54. The standard InChI is InChI=1S/C11H13ClN2O3/c1-6(11(16)17)5-14-7-2-3-8(10(13)15)9(12)4-7/h2-4,6,14H,5H2,1H3,(H2,13,15)(H,16,17). The molecule has 4 N–H and O–H groups in total. The molecule has 0 aliphatic rings. The highest BCUT2D eigenvalue weighted by atomic mass is 35.5. The molecule has 0 spiro atoms.